The molecule has 2 atom stereocenters. The molecule has 180 valence electrons. The number of allylic oxidation sites excluding steroid dienone is 2. The van der Waals surface area contributed by atoms with Crippen LogP contribution < -0.4 is 10.1 Å². The van der Waals surface area contributed by atoms with E-state index in [1.165, 1.54) is 4.90 Å². The molecule has 3 aliphatic rings. The number of rotatable bonds is 5. The van der Waals surface area contributed by atoms with Crippen molar-refractivity contribution in [3.8, 4) is 5.75 Å². The molecule has 0 saturated carbocycles. The minimum atomic E-state index is -0.944. The molecule has 2 N–H and O–H groups in total. The Bertz CT molecular complexity index is 1220. The van der Waals surface area contributed by atoms with Gasteiger partial charge in [-0.3, -0.25) is 14.6 Å². The van der Waals surface area contributed by atoms with E-state index in [0.717, 1.165) is 46.3 Å². The summed E-state index contributed by atoms with van der Waals surface area (Å²) in [5, 5.41) is 4.45. The van der Waals surface area contributed by atoms with E-state index in [1.807, 2.05) is 30.0 Å². The quantitative estimate of drug-likeness (QED) is 0.643. The van der Waals surface area contributed by atoms with Gasteiger partial charge in [0.15, 0.2) is 0 Å². The highest BCUT2D eigenvalue weighted by molar-refractivity contribution is 6.08. The number of fused-ring (bicyclic) bond motifs is 4. The third kappa shape index (κ3) is 3.54. The molecule has 7 nitrogen and oxygen atoms in total. The van der Waals surface area contributed by atoms with Gasteiger partial charge >= 0.3 is 6.03 Å². The molecule has 1 saturated heterocycles. The van der Waals surface area contributed by atoms with Crippen LogP contribution in [0.1, 0.15) is 57.8 Å². The summed E-state index contributed by atoms with van der Waals surface area (Å²) in [5.41, 5.74) is 3.11. The van der Waals surface area contributed by atoms with Crippen LogP contribution in [0.15, 0.2) is 42.0 Å². The van der Waals surface area contributed by atoms with Crippen molar-refractivity contribution in [1.82, 2.24) is 20.1 Å². The Morgan fingerprint density at radius 2 is 2.03 bits per heavy atom. The molecular formula is C27H34N4O3. The lowest BCUT2D eigenvalue weighted by molar-refractivity contribution is -0.133. The highest BCUT2D eigenvalue weighted by Crippen LogP contribution is 2.49. The fourth-order valence-electron chi connectivity index (χ4n) is 5.54. The van der Waals surface area contributed by atoms with Crippen molar-refractivity contribution in [2.45, 2.75) is 64.1 Å². The number of carbonyl (C=O) groups excluding carboxylic acids is 2. The number of H-pyrrole nitrogens is 1. The summed E-state index contributed by atoms with van der Waals surface area (Å²) in [5.74, 6) is 0.653. The molecule has 0 unspecified atom stereocenters. The molecule has 1 aliphatic carbocycles. The van der Waals surface area contributed by atoms with Crippen molar-refractivity contribution in [2.75, 3.05) is 20.2 Å². The number of hydrogen-bond acceptors (Lipinski definition) is 4. The van der Waals surface area contributed by atoms with Gasteiger partial charge in [0.1, 0.15) is 11.3 Å². The summed E-state index contributed by atoms with van der Waals surface area (Å²) in [6.45, 7) is 9.07. The first kappa shape index (κ1) is 22.7. The van der Waals surface area contributed by atoms with Crippen LogP contribution in [0.25, 0.3) is 10.9 Å². The summed E-state index contributed by atoms with van der Waals surface area (Å²) < 4.78 is 5.48. The second-order valence-corrected chi connectivity index (χ2v) is 10.8. The van der Waals surface area contributed by atoms with Crippen molar-refractivity contribution in [2.24, 2.45) is 0 Å². The second-order valence-electron chi connectivity index (χ2n) is 10.8. The van der Waals surface area contributed by atoms with Gasteiger partial charge in [0.25, 0.3) is 5.91 Å². The Balaban J connectivity index is 1.61. The van der Waals surface area contributed by atoms with Crippen LogP contribution in [0.2, 0.25) is 0 Å². The second kappa shape index (κ2) is 8.01. The fraction of sp³-hybridized carbons (Fsp3) is 0.481. The third-order valence-electron chi connectivity index (χ3n) is 7.20. The number of imide groups is 1. The summed E-state index contributed by atoms with van der Waals surface area (Å²) in [6.07, 6.45) is 8.85. The molecule has 1 aromatic carbocycles. The number of carbonyl (C=O) groups is 2. The van der Waals surface area contributed by atoms with Gasteiger partial charge in [-0.1, -0.05) is 18.2 Å². The highest BCUT2D eigenvalue weighted by Gasteiger charge is 2.60. The third-order valence-corrected chi connectivity index (χ3v) is 7.20. The van der Waals surface area contributed by atoms with E-state index in [1.54, 1.807) is 7.11 Å². The van der Waals surface area contributed by atoms with Crippen molar-refractivity contribution in [3.63, 3.8) is 0 Å². The molecule has 5 rings (SSSR count). The molecule has 34 heavy (non-hydrogen) atoms. The first-order valence-corrected chi connectivity index (χ1v) is 12.1. The van der Waals surface area contributed by atoms with Gasteiger partial charge in [0.2, 0.25) is 0 Å². The van der Waals surface area contributed by atoms with E-state index >= 15 is 0 Å². The molecule has 1 aromatic heterocycles. The standard InChI is InChI=1S/C27H34N4O3/c1-26(2,3)28-13-14-30-24(32)27(4)16-20-19-15-18(34-5)11-12-21(19)29-22(20)23(31(27)25(30)33)17-9-7-6-8-10-17/h7,9-12,15,23,28-29H,6,8,13-14,16H2,1-5H3/t23-,27+/m1/s1. The van der Waals surface area contributed by atoms with E-state index in [2.05, 4.69) is 49.3 Å². The lowest BCUT2D eigenvalue weighted by Crippen LogP contribution is -2.53. The smallest absolute Gasteiger partial charge is 0.328 e. The van der Waals surface area contributed by atoms with Crippen molar-refractivity contribution in [3.05, 3.63) is 53.3 Å². The summed E-state index contributed by atoms with van der Waals surface area (Å²) in [7, 11) is 1.66. The van der Waals surface area contributed by atoms with E-state index in [-0.39, 0.29) is 23.5 Å². The Morgan fingerprint density at radius 3 is 2.71 bits per heavy atom. The topological polar surface area (TPSA) is 77.7 Å². The summed E-state index contributed by atoms with van der Waals surface area (Å²) in [4.78, 5) is 34.5. The average Bonchev–Trinajstić information content (AvgIpc) is 3.24. The van der Waals surface area contributed by atoms with E-state index in [9.17, 15) is 9.59 Å². The molecule has 7 heteroatoms. The molecule has 3 amide bonds. The van der Waals surface area contributed by atoms with Gasteiger partial charge < -0.3 is 15.0 Å². The van der Waals surface area contributed by atoms with Gasteiger partial charge in [-0.05, 0) is 69.9 Å². The van der Waals surface area contributed by atoms with Gasteiger partial charge in [0.05, 0.1) is 13.2 Å². The Hall–Kier alpha value is -3.06. The van der Waals surface area contributed by atoms with Crippen molar-refractivity contribution in [1.29, 1.82) is 0 Å². The van der Waals surface area contributed by atoms with Crippen LogP contribution >= 0.6 is 0 Å². The minimum Gasteiger partial charge on any atom is -0.497 e. The van der Waals surface area contributed by atoms with Gasteiger partial charge in [-0.25, -0.2) is 4.79 Å². The van der Waals surface area contributed by atoms with Gasteiger partial charge in [0, 0.05) is 41.6 Å². The predicted molar refractivity (Wildman–Crippen MR) is 133 cm³/mol. The zero-order chi connectivity index (χ0) is 24.3. The van der Waals surface area contributed by atoms with E-state index in [4.69, 9.17) is 4.74 Å². The first-order valence-electron chi connectivity index (χ1n) is 12.1. The number of hydrogen-bond donors (Lipinski definition) is 2. The fourth-order valence-corrected chi connectivity index (χ4v) is 5.54. The van der Waals surface area contributed by atoms with Crippen LogP contribution in [0.5, 0.6) is 5.75 Å². The van der Waals surface area contributed by atoms with E-state index < -0.39 is 5.54 Å². The monoisotopic (exact) mass is 462 g/mol. The predicted octanol–water partition coefficient (Wildman–Crippen LogP) is 4.46. The first-order chi connectivity index (χ1) is 16.1. The number of aromatic nitrogens is 1. The Morgan fingerprint density at radius 1 is 1.24 bits per heavy atom. The van der Waals surface area contributed by atoms with Crippen LogP contribution in [0.4, 0.5) is 4.79 Å². The van der Waals surface area contributed by atoms with Crippen LogP contribution in [-0.2, 0) is 11.2 Å². The van der Waals surface area contributed by atoms with Gasteiger partial charge in [-0.15, -0.1) is 0 Å². The maximum absolute atomic E-state index is 13.8. The molecule has 1 fully saturated rings. The average molecular weight is 463 g/mol. The normalized spacial score (nSPS) is 24.5. The lowest BCUT2D eigenvalue weighted by atomic mass is 9.80. The Labute approximate surface area is 200 Å². The van der Waals surface area contributed by atoms with Crippen LogP contribution in [-0.4, -0.2) is 58.0 Å². The number of aromatic amines is 1. The van der Waals surface area contributed by atoms with Crippen molar-refractivity contribution < 1.29 is 14.3 Å². The molecule has 0 radical (unpaired) electrons. The number of nitrogens with one attached hydrogen (secondary N) is 2. The van der Waals surface area contributed by atoms with E-state index in [0.29, 0.717) is 19.5 Å². The maximum atomic E-state index is 13.8. The van der Waals surface area contributed by atoms with Crippen molar-refractivity contribution >= 4 is 22.8 Å². The lowest BCUT2D eigenvalue weighted by Gasteiger charge is -2.43. The highest BCUT2D eigenvalue weighted by atomic mass is 16.5. The maximum Gasteiger partial charge on any atom is 0.328 e. The number of ether oxygens (including phenoxy) is 1. The Kier molecular flexibility index (Phi) is 5.35. The number of benzene rings is 1. The zero-order valence-corrected chi connectivity index (χ0v) is 20.7. The molecule has 0 bridgehead atoms. The number of urea groups is 1. The molecular weight excluding hydrogens is 428 g/mol. The summed E-state index contributed by atoms with van der Waals surface area (Å²) >= 11 is 0. The number of methoxy groups -OCH3 is 1. The van der Waals surface area contributed by atoms with Crippen LogP contribution in [0.3, 0.4) is 0 Å². The van der Waals surface area contributed by atoms with Crippen LogP contribution in [0, 0.1) is 0 Å². The SMILES string of the molecule is COc1ccc2[nH]c3c(c2c1)C[C@@]1(C)C(=O)N(CCNC(C)(C)C)C(=O)N1[C@@H]3C1=CCCC=C1. The number of nitrogens with zero attached hydrogens (tertiary/aromatic N) is 2. The number of amides is 3. The largest absolute Gasteiger partial charge is 0.497 e. The molecule has 3 heterocycles. The molecule has 2 aliphatic heterocycles. The molecule has 2 aromatic rings. The zero-order valence-electron chi connectivity index (χ0n) is 20.7. The minimum absolute atomic E-state index is 0.0849. The van der Waals surface area contributed by atoms with Gasteiger partial charge in [-0.2, -0.15) is 0 Å². The molecule has 0 spiro atoms. The summed E-state index contributed by atoms with van der Waals surface area (Å²) in [6, 6.07) is 5.42.